The Labute approximate surface area is 123 Å². The van der Waals surface area contributed by atoms with Crippen LogP contribution < -0.4 is 5.32 Å². The molecule has 0 spiro atoms. The van der Waals surface area contributed by atoms with Crippen LogP contribution in [-0.4, -0.2) is 36.5 Å². The summed E-state index contributed by atoms with van der Waals surface area (Å²) < 4.78 is 1.95. The lowest BCUT2D eigenvalue weighted by Gasteiger charge is -2.32. The van der Waals surface area contributed by atoms with Crippen molar-refractivity contribution in [1.29, 1.82) is 0 Å². The fourth-order valence-corrected chi connectivity index (χ4v) is 2.86. The summed E-state index contributed by atoms with van der Waals surface area (Å²) in [7, 11) is 0. The van der Waals surface area contributed by atoms with Gasteiger partial charge in [-0.1, -0.05) is 0 Å². The molecular weight excluding hydrogens is 395 g/mol. The first-order valence-corrected chi connectivity index (χ1v) is 7.43. The molecule has 1 aliphatic rings. The molecule has 0 bridgehead atoms. The number of nitrogens with zero attached hydrogens (tertiary/aromatic N) is 1. The van der Waals surface area contributed by atoms with Crippen LogP contribution in [0.5, 0.6) is 0 Å². The molecule has 0 aromatic heterocycles. The van der Waals surface area contributed by atoms with Gasteiger partial charge in [-0.15, -0.1) is 0 Å². The molecule has 1 aromatic carbocycles. The molecule has 1 unspecified atom stereocenters. The van der Waals surface area contributed by atoms with Gasteiger partial charge in [0, 0.05) is 33.7 Å². The number of amides is 1. The highest BCUT2D eigenvalue weighted by Crippen LogP contribution is 2.21. The van der Waals surface area contributed by atoms with Gasteiger partial charge in [-0.05, 0) is 63.6 Å². The monoisotopic (exact) mass is 408 g/mol. The van der Waals surface area contributed by atoms with Crippen LogP contribution in [0, 0.1) is 3.57 Å². The standard InChI is InChI=1S/C12H14BrIN2O/c1-8-7-16(5-4-15-8)12(17)10-6-9(14)2-3-11(10)13/h2-3,6,8,15H,4-5,7H2,1H3. The van der Waals surface area contributed by atoms with E-state index in [2.05, 4.69) is 50.8 Å². The number of benzene rings is 1. The summed E-state index contributed by atoms with van der Waals surface area (Å²) >= 11 is 5.67. The van der Waals surface area contributed by atoms with Gasteiger partial charge < -0.3 is 10.2 Å². The SMILES string of the molecule is CC1CN(C(=O)c2cc(I)ccc2Br)CCN1. The number of hydrogen-bond donors (Lipinski definition) is 1. The number of rotatable bonds is 1. The van der Waals surface area contributed by atoms with Gasteiger partial charge in [0.05, 0.1) is 5.56 Å². The number of hydrogen-bond acceptors (Lipinski definition) is 2. The molecular formula is C12H14BrIN2O. The van der Waals surface area contributed by atoms with Crippen LogP contribution in [0.2, 0.25) is 0 Å². The first-order chi connectivity index (χ1) is 8.08. The molecule has 92 valence electrons. The lowest BCUT2D eigenvalue weighted by atomic mass is 10.1. The lowest BCUT2D eigenvalue weighted by molar-refractivity contribution is 0.0708. The Bertz CT molecular complexity index is 439. The molecule has 1 atom stereocenters. The molecule has 0 radical (unpaired) electrons. The maximum atomic E-state index is 12.4. The van der Waals surface area contributed by atoms with Crippen molar-refractivity contribution in [2.75, 3.05) is 19.6 Å². The van der Waals surface area contributed by atoms with E-state index in [9.17, 15) is 4.79 Å². The molecule has 3 nitrogen and oxygen atoms in total. The second kappa shape index (κ2) is 5.67. The maximum Gasteiger partial charge on any atom is 0.255 e. The van der Waals surface area contributed by atoms with Crippen molar-refractivity contribution in [3.63, 3.8) is 0 Å². The van der Waals surface area contributed by atoms with Crippen molar-refractivity contribution in [3.8, 4) is 0 Å². The van der Waals surface area contributed by atoms with E-state index < -0.39 is 0 Å². The topological polar surface area (TPSA) is 32.3 Å². The number of halogens is 2. The molecule has 1 fully saturated rings. The third-order valence-electron chi connectivity index (χ3n) is 2.81. The Morgan fingerprint density at radius 1 is 1.59 bits per heavy atom. The van der Waals surface area contributed by atoms with Gasteiger partial charge >= 0.3 is 0 Å². The van der Waals surface area contributed by atoms with E-state index in [1.165, 1.54) is 0 Å². The van der Waals surface area contributed by atoms with Crippen LogP contribution in [-0.2, 0) is 0 Å². The summed E-state index contributed by atoms with van der Waals surface area (Å²) in [6.45, 7) is 4.52. The van der Waals surface area contributed by atoms with Gasteiger partial charge in [0.25, 0.3) is 5.91 Å². The second-order valence-corrected chi connectivity index (χ2v) is 6.33. The molecule has 5 heteroatoms. The first kappa shape index (κ1) is 13.3. The summed E-state index contributed by atoms with van der Waals surface area (Å²) in [5, 5.41) is 3.34. The molecule has 1 amide bonds. The largest absolute Gasteiger partial charge is 0.336 e. The molecule has 1 saturated heterocycles. The Morgan fingerprint density at radius 3 is 3.06 bits per heavy atom. The highest BCUT2D eigenvalue weighted by Gasteiger charge is 2.23. The number of piperazine rings is 1. The van der Waals surface area contributed by atoms with E-state index in [1.807, 2.05) is 23.1 Å². The first-order valence-electron chi connectivity index (χ1n) is 5.55. The summed E-state index contributed by atoms with van der Waals surface area (Å²) in [5.74, 6) is 0.115. The van der Waals surface area contributed by atoms with E-state index in [4.69, 9.17) is 0 Å². The molecule has 1 aliphatic heterocycles. The van der Waals surface area contributed by atoms with Crippen LogP contribution in [0.15, 0.2) is 22.7 Å². The van der Waals surface area contributed by atoms with Gasteiger partial charge in [-0.25, -0.2) is 0 Å². The van der Waals surface area contributed by atoms with Gasteiger partial charge in [0.2, 0.25) is 0 Å². The Morgan fingerprint density at radius 2 is 2.35 bits per heavy atom. The van der Waals surface area contributed by atoms with Crippen molar-refractivity contribution in [1.82, 2.24) is 10.2 Å². The quantitative estimate of drug-likeness (QED) is 0.724. The summed E-state index contributed by atoms with van der Waals surface area (Å²) in [5.41, 5.74) is 0.756. The Kier molecular flexibility index (Phi) is 4.43. The number of carbonyl (C=O) groups excluding carboxylic acids is 1. The van der Waals surface area contributed by atoms with E-state index in [-0.39, 0.29) is 5.91 Å². The van der Waals surface area contributed by atoms with Gasteiger partial charge in [-0.3, -0.25) is 4.79 Å². The molecule has 0 aliphatic carbocycles. The van der Waals surface area contributed by atoms with Gasteiger partial charge in [0.1, 0.15) is 0 Å². The van der Waals surface area contributed by atoms with E-state index in [1.54, 1.807) is 0 Å². The molecule has 1 aromatic rings. The minimum absolute atomic E-state index is 0.115. The lowest BCUT2D eigenvalue weighted by Crippen LogP contribution is -2.51. The minimum Gasteiger partial charge on any atom is -0.336 e. The fraction of sp³-hybridized carbons (Fsp3) is 0.417. The highest BCUT2D eigenvalue weighted by atomic mass is 127. The van der Waals surface area contributed by atoms with Crippen LogP contribution in [0.4, 0.5) is 0 Å². The zero-order valence-electron chi connectivity index (χ0n) is 9.54. The zero-order chi connectivity index (χ0) is 12.4. The van der Waals surface area contributed by atoms with Gasteiger partial charge in [0.15, 0.2) is 0 Å². The number of carbonyl (C=O) groups is 1. The fourth-order valence-electron chi connectivity index (χ4n) is 1.95. The van der Waals surface area contributed by atoms with Crippen LogP contribution in [0.1, 0.15) is 17.3 Å². The average molecular weight is 409 g/mol. The van der Waals surface area contributed by atoms with Crippen molar-refractivity contribution >= 4 is 44.4 Å². The molecule has 17 heavy (non-hydrogen) atoms. The summed E-state index contributed by atoms with van der Waals surface area (Å²) in [6, 6.07) is 6.22. The molecule has 0 saturated carbocycles. The molecule has 1 N–H and O–H groups in total. The summed E-state index contributed by atoms with van der Waals surface area (Å²) in [4.78, 5) is 14.3. The maximum absolute atomic E-state index is 12.4. The predicted molar refractivity (Wildman–Crippen MR) is 80.2 cm³/mol. The van der Waals surface area contributed by atoms with Crippen molar-refractivity contribution in [2.45, 2.75) is 13.0 Å². The van der Waals surface area contributed by atoms with E-state index in [0.29, 0.717) is 6.04 Å². The molecule has 2 rings (SSSR count). The normalized spacial score (nSPS) is 20.4. The zero-order valence-corrected chi connectivity index (χ0v) is 13.3. The van der Waals surface area contributed by atoms with Crippen molar-refractivity contribution in [2.24, 2.45) is 0 Å². The smallest absolute Gasteiger partial charge is 0.255 e. The van der Waals surface area contributed by atoms with Crippen molar-refractivity contribution < 1.29 is 4.79 Å². The Hall–Kier alpha value is -0.140. The molecule has 1 heterocycles. The predicted octanol–water partition coefficient (Wildman–Crippen LogP) is 2.49. The Balaban J connectivity index is 2.21. The highest BCUT2D eigenvalue weighted by molar-refractivity contribution is 14.1. The van der Waals surface area contributed by atoms with Crippen LogP contribution in [0.25, 0.3) is 0 Å². The summed E-state index contributed by atoms with van der Waals surface area (Å²) in [6.07, 6.45) is 0. The van der Waals surface area contributed by atoms with Crippen LogP contribution in [0.3, 0.4) is 0 Å². The third kappa shape index (κ3) is 3.20. The average Bonchev–Trinajstić information content (AvgIpc) is 2.31. The minimum atomic E-state index is 0.115. The van der Waals surface area contributed by atoms with Gasteiger partial charge in [-0.2, -0.15) is 0 Å². The number of nitrogens with one attached hydrogen (secondary N) is 1. The third-order valence-corrected chi connectivity index (χ3v) is 4.18. The second-order valence-electron chi connectivity index (χ2n) is 4.23. The van der Waals surface area contributed by atoms with E-state index in [0.717, 1.165) is 33.2 Å². The van der Waals surface area contributed by atoms with Crippen LogP contribution >= 0.6 is 38.5 Å². The van der Waals surface area contributed by atoms with E-state index >= 15 is 0 Å². The van der Waals surface area contributed by atoms with Crippen molar-refractivity contribution in [3.05, 3.63) is 31.8 Å².